The number of thiol groups is 1. The van der Waals surface area contributed by atoms with Crippen molar-refractivity contribution < 1.29 is 9.66 Å². The zero-order chi connectivity index (χ0) is 13.5. The average Bonchev–Trinajstić information content (AvgIpc) is 2.35. The molecule has 1 atom stereocenters. The highest BCUT2D eigenvalue weighted by atomic mass is 32.1. The van der Waals surface area contributed by atoms with E-state index in [0.29, 0.717) is 24.0 Å². The van der Waals surface area contributed by atoms with E-state index in [2.05, 4.69) is 24.5 Å². The van der Waals surface area contributed by atoms with Crippen molar-refractivity contribution in [1.29, 1.82) is 0 Å². The third-order valence-electron chi connectivity index (χ3n) is 2.58. The zero-order valence-electron chi connectivity index (χ0n) is 10.6. The lowest BCUT2D eigenvalue weighted by Crippen LogP contribution is -2.14. The molecular formula is C12H18N2O3S. The largest absolute Gasteiger partial charge is 0.485 e. The molecule has 1 aromatic rings. The van der Waals surface area contributed by atoms with Crippen LogP contribution in [0.3, 0.4) is 0 Å². The molecule has 0 bridgehead atoms. The second-order valence-electron chi connectivity index (χ2n) is 4.18. The molecular weight excluding hydrogens is 252 g/mol. The fraction of sp³-hybridized carbons (Fsp3) is 0.583. The van der Waals surface area contributed by atoms with E-state index in [4.69, 9.17) is 4.74 Å². The quantitative estimate of drug-likeness (QED) is 0.470. The van der Waals surface area contributed by atoms with Gasteiger partial charge >= 0.3 is 5.82 Å². The summed E-state index contributed by atoms with van der Waals surface area (Å²) in [6.45, 7) is 4.24. The van der Waals surface area contributed by atoms with E-state index in [1.165, 1.54) is 0 Å². The van der Waals surface area contributed by atoms with Gasteiger partial charge in [0.1, 0.15) is 5.69 Å². The van der Waals surface area contributed by atoms with Crippen molar-refractivity contribution in [3.8, 4) is 5.75 Å². The molecule has 0 spiro atoms. The van der Waals surface area contributed by atoms with Crippen LogP contribution in [0.5, 0.6) is 5.75 Å². The number of aryl methyl sites for hydroxylation is 1. The number of rotatable bonds is 7. The van der Waals surface area contributed by atoms with Crippen molar-refractivity contribution in [2.75, 3.05) is 12.4 Å². The molecule has 1 unspecified atom stereocenters. The maximum absolute atomic E-state index is 10.9. The molecule has 1 rings (SSSR count). The highest BCUT2D eigenvalue weighted by Crippen LogP contribution is 2.25. The molecule has 0 fully saturated rings. The van der Waals surface area contributed by atoms with Gasteiger partial charge in [0.25, 0.3) is 0 Å². The second kappa shape index (κ2) is 7.20. The van der Waals surface area contributed by atoms with Gasteiger partial charge in [-0.1, -0.05) is 13.3 Å². The molecule has 1 heterocycles. The highest BCUT2D eigenvalue weighted by molar-refractivity contribution is 7.80. The minimum absolute atomic E-state index is 0.218. The molecule has 0 aliphatic heterocycles. The van der Waals surface area contributed by atoms with E-state index < -0.39 is 4.92 Å². The van der Waals surface area contributed by atoms with Gasteiger partial charge in [0.15, 0.2) is 0 Å². The van der Waals surface area contributed by atoms with E-state index in [0.717, 1.165) is 12.8 Å². The van der Waals surface area contributed by atoms with Crippen LogP contribution >= 0.6 is 12.6 Å². The van der Waals surface area contributed by atoms with Crippen molar-refractivity contribution in [1.82, 2.24) is 4.98 Å². The third-order valence-corrected chi connectivity index (χ3v) is 3.10. The first-order valence-electron chi connectivity index (χ1n) is 5.94. The summed E-state index contributed by atoms with van der Waals surface area (Å²) in [4.78, 5) is 14.2. The van der Waals surface area contributed by atoms with Crippen LogP contribution in [-0.2, 0) is 0 Å². The maximum Gasteiger partial charge on any atom is 0.406 e. The Hall–Kier alpha value is -1.30. The van der Waals surface area contributed by atoms with E-state index in [1.54, 1.807) is 19.1 Å². The number of pyridine rings is 1. The lowest BCUT2D eigenvalue weighted by molar-refractivity contribution is -0.390. The molecule has 0 saturated carbocycles. The van der Waals surface area contributed by atoms with Crippen LogP contribution in [0.15, 0.2) is 12.1 Å². The average molecular weight is 270 g/mol. The first kappa shape index (κ1) is 14.8. The van der Waals surface area contributed by atoms with E-state index in [9.17, 15) is 10.1 Å². The Morgan fingerprint density at radius 3 is 2.83 bits per heavy atom. The summed E-state index contributed by atoms with van der Waals surface area (Å²) < 4.78 is 5.51. The molecule has 100 valence electrons. The molecule has 6 heteroatoms. The SMILES string of the molecule is CCCC(CS)COc1ccc(C)nc1[N+](=O)[O-]. The smallest absolute Gasteiger partial charge is 0.406 e. The summed E-state index contributed by atoms with van der Waals surface area (Å²) in [6.07, 6.45) is 2.04. The van der Waals surface area contributed by atoms with Crippen LogP contribution in [0.1, 0.15) is 25.5 Å². The summed E-state index contributed by atoms with van der Waals surface area (Å²) in [5, 5.41) is 10.9. The van der Waals surface area contributed by atoms with Gasteiger partial charge in [-0.2, -0.15) is 12.6 Å². The van der Waals surface area contributed by atoms with Gasteiger partial charge in [-0.3, -0.25) is 0 Å². The predicted octanol–water partition coefficient (Wildman–Crippen LogP) is 3.02. The van der Waals surface area contributed by atoms with Crippen molar-refractivity contribution >= 4 is 18.4 Å². The summed E-state index contributed by atoms with van der Waals surface area (Å²) >= 11 is 4.25. The van der Waals surface area contributed by atoms with Crippen molar-refractivity contribution in [3.05, 3.63) is 27.9 Å². The molecule has 0 aliphatic carbocycles. The fourth-order valence-corrected chi connectivity index (χ4v) is 1.90. The summed E-state index contributed by atoms with van der Waals surface area (Å²) in [7, 11) is 0. The number of nitrogens with zero attached hydrogens (tertiary/aromatic N) is 2. The molecule has 0 N–H and O–H groups in total. The number of hydrogen-bond acceptors (Lipinski definition) is 5. The van der Waals surface area contributed by atoms with Crippen molar-refractivity contribution in [3.63, 3.8) is 0 Å². The number of aromatic nitrogens is 1. The van der Waals surface area contributed by atoms with Gasteiger partial charge in [-0.15, -0.1) is 0 Å². The third kappa shape index (κ3) is 4.18. The molecule has 0 aliphatic rings. The molecule has 0 saturated heterocycles. The normalized spacial score (nSPS) is 12.2. The Labute approximate surface area is 112 Å². The number of nitro groups is 1. The second-order valence-corrected chi connectivity index (χ2v) is 4.54. The molecule has 0 radical (unpaired) electrons. The van der Waals surface area contributed by atoms with Crippen molar-refractivity contribution in [2.45, 2.75) is 26.7 Å². The lowest BCUT2D eigenvalue weighted by Gasteiger charge is -2.14. The summed E-state index contributed by atoms with van der Waals surface area (Å²) in [6, 6.07) is 3.31. The number of ether oxygens (including phenoxy) is 1. The van der Waals surface area contributed by atoms with Crippen LogP contribution in [0, 0.1) is 23.0 Å². The standard InChI is InChI=1S/C12H18N2O3S/c1-3-4-10(8-18)7-17-11-6-5-9(2)13-12(11)14(15)16/h5-6,10,18H,3-4,7-8H2,1-2H3. The van der Waals surface area contributed by atoms with Crippen molar-refractivity contribution in [2.24, 2.45) is 5.92 Å². The van der Waals surface area contributed by atoms with Gasteiger partial charge in [0, 0.05) is 12.8 Å². The van der Waals surface area contributed by atoms with Crippen LogP contribution in [0.2, 0.25) is 0 Å². The first-order chi connectivity index (χ1) is 8.58. The topological polar surface area (TPSA) is 65.3 Å². The van der Waals surface area contributed by atoms with E-state index in [1.807, 2.05) is 0 Å². The van der Waals surface area contributed by atoms with Gasteiger partial charge < -0.3 is 14.9 Å². The van der Waals surface area contributed by atoms with Crippen LogP contribution < -0.4 is 4.74 Å². The number of hydrogen-bond donors (Lipinski definition) is 1. The molecule has 1 aromatic heterocycles. The Bertz CT molecular complexity index is 412. The summed E-state index contributed by atoms with van der Waals surface area (Å²) in [5.41, 5.74) is 0.605. The monoisotopic (exact) mass is 270 g/mol. The van der Waals surface area contributed by atoms with E-state index >= 15 is 0 Å². The molecule has 18 heavy (non-hydrogen) atoms. The lowest BCUT2D eigenvalue weighted by atomic mass is 10.1. The Kier molecular flexibility index (Phi) is 5.91. The minimum Gasteiger partial charge on any atom is -0.485 e. The first-order valence-corrected chi connectivity index (χ1v) is 6.57. The Balaban J connectivity index is 2.74. The molecule has 5 nitrogen and oxygen atoms in total. The Morgan fingerprint density at radius 1 is 1.56 bits per heavy atom. The Morgan fingerprint density at radius 2 is 2.28 bits per heavy atom. The zero-order valence-corrected chi connectivity index (χ0v) is 11.5. The predicted molar refractivity (Wildman–Crippen MR) is 73.4 cm³/mol. The van der Waals surface area contributed by atoms with Gasteiger partial charge in [-0.25, -0.2) is 0 Å². The van der Waals surface area contributed by atoms with Gasteiger partial charge in [0.2, 0.25) is 5.75 Å². The van der Waals surface area contributed by atoms with Gasteiger partial charge in [-0.05, 0) is 34.2 Å². The molecule has 0 aromatic carbocycles. The summed E-state index contributed by atoms with van der Waals surface area (Å²) in [5.74, 6) is 1.03. The van der Waals surface area contributed by atoms with E-state index in [-0.39, 0.29) is 11.6 Å². The van der Waals surface area contributed by atoms with Crippen LogP contribution in [-0.4, -0.2) is 22.3 Å². The van der Waals surface area contributed by atoms with Crippen LogP contribution in [0.4, 0.5) is 5.82 Å². The van der Waals surface area contributed by atoms with Gasteiger partial charge in [0.05, 0.1) is 6.61 Å². The minimum atomic E-state index is -0.516. The highest BCUT2D eigenvalue weighted by Gasteiger charge is 2.18. The maximum atomic E-state index is 10.9. The molecule has 0 amide bonds. The van der Waals surface area contributed by atoms with Crippen LogP contribution in [0.25, 0.3) is 0 Å². The fourth-order valence-electron chi connectivity index (χ4n) is 1.62.